The summed E-state index contributed by atoms with van der Waals surface area (Å²) in [6.45, 7) is 2.46. The fourth-order valence-electron chi connectivity index (χ4n) is 1.68. The molecular weight excluding hydrogens is 220 g/mol. The highest BCUT2D eigenvalue weighted by Crippen LogP contribution is 2.21. The Morgan fingerprint density at radius 2 is 2.41 bits per heavy atom. The number of aliphatic carboxylic acids is 1. The van der Waals surface area contributed by atoms with Crippen molar-refractivity contribution >= 4 is 22.8 Å². The van der Waals surface area contributed by atoms with Crippen molar-refractivity contribution in [3.8, 4) is 0 Å². The Morgan fingerprint density at radius 1 is 1.59 bits per heavy atom. The van der Waals surface area contributed by atoms with E-state index in [2.05, 4.69) is 10.3 Å². The molecule has 5 heteroatoms. The average molecular weight is 234 g/mol. The zero-order valence-electron chi connectivity index (χ0n) is 9.51. The lowest BCUT2D eigenvalue weighted by Crippen LogP contribution is -2.15. The van der Waals surface area contributed by atoms with Gasteiger partial charge in [0.05, 0.1) is 11.6 Å². The van der Waals surface area contributed by atoms with E-state index in [1.54, 1.807) is 18.5 Å². The fraction of sp³-hybridized carbons (Fsp3) is 0.333. The van der Waals surface area contributed by atoms with Crippen molar-refractivity contribution in [3.63, 3.8) is 0 Å². The summed E-state index contributed by atoms with van der Waals surface area (Å²) in [4.78, 5) is 14.7. The number of carbonyl (C=O) groups is 1. The van der Waals surface area contributed by atoms with Crippen LogP contribution in [0.25, 0.3) is 11.0 Å². The first-order valence-electron chi connectivity index (χ1n) is 5.44. The van der Waals surface area contributed by atoms with Gasteiger partial charge in [-0.3, -0.25) is 4.79 Å². The molecule has 0 bridgehead atoms. The summed E-state index contributed by atoms with van der Waals surface area (Å²) in [5, 5.41) is 12.7. The lowest BCUT2D eigenvalue weighted by Gasteiger charge is -2.11. The number of anilines is 1. The number of carboxylic acid groups (broad SMARTS) is 1. The van der Waals surface area contributed by atoms with Crippen LogP contribution in [0.3, 0.4) is 0 Å². The van der Waals surface area contributed by atoms with E-state index in [1.165, 1.54) is 0 Å². The van der Waals surface area contributed by atoms with Crippen LogP contribution in [0.2, 0.25) is 0 Å². The molecule has 90 valence electrons. The predicted molar refractivity (Wildman–Crippen MR) is 63.9 cm³/mol. The lowest BCUT2D eigenvalue weighted by atomic mass is 10.1. The Balaban J connectivity index is 2.03. The highest BCUT2D eigenvalue weighted by molar-refractivity contribution is 5.87. The van der Waals surface area contributed by atoms with E-state index in [0.29, 0.717) is 6.54 Å². The Hall–Kier alpha value is -2.04. The molecule has 5 nitrogen and oxygen atoms in total. The van der Waals surface area contributed by atoms with Crippen LogP contribution in [-0.4, -0.2) is 22.6 Å². The van der Waals surface area contributed by atoms with E-state index < -0.39 is 5.97 Å². The number of hydrogen-bond acceptors (Lipinski definition) is 4. The van der Waals surface area contributed by atoms with Crippen molar-refractivity contribution in [3.05, 3.63) is 24.6 Å². The summed E-state index contributed by atoms with van der Waals surface area (Å²) in [5.41, 5.74) is 0.772. The summed E-state index contributed by atoms with van der Waals surface area (Å²) in [6.07, 6.45) is 3.42. The number of carboxylic acids is 1. The minimum Gasteiger partial charge on any atom is -0.481 e. The molecule has 2 N–H and O–H groups in total. The van der Waals surface area contributed by atoms with Crippen molar-refractivity contribution in [1.82, 2.24) is 4.98 Å². The summed E-state index contributed by atoms with van der Waals surface area (Å²) in [6, 6.07) is 3.63. The number of fused-ring (bicyclic) bond motifs is 1. The molecule has 0 spiro atoms. The van der Waals surface area contributed by atoms with Gasteiger partial charge >= 0.3 is 5.97 Å². The zero-order chi connectivity index (χ0) is 12.3. The normalized spacial score (nSPS) is 12.5. The third-order valence-corrected chi connectivity index (χ3v) is 2.52. The van der Waals surface area contributed by atoms with Gasteiger partial charge in [-0.15, -0.1) is 0 Å². The fourth-order valence-corrected chi connectivity index (χ4v) is 1.68. The number of aromatic nitrogens is 1. The molecule has 0 aromatic carbocycles. The highest BCUT2D eigenvalue weighted by Gasteiger charge is 2.09. The van der Waals surface area contributed by atoms with Gasteiger partial charge in [0.25, 0.3) is 0 Å². The van der Waals surface area contributed by atoms with Crippen LogP contribution < -0.4 is 5.32 Å². The molecule has 0 aliphatic carbocycles. The molecule has 1 atom stereocenters. The second-order valence-corrected chi connectivity index (χ2v) is 4.08. The maximum absolute atomic E-state index is 10.5. The molecule has 0 saturated carbocycles. The standard InChI is InChI=1S/C12H14N2O3/c1-8(6-11(15)16)7-14-12-9-3-5-17-10(9)2-4-13-12/h2-5,8H,6-7H2,1H3,(H,13,14)(H,15,16). The van der Waals surface area contributed by atoms with E-state index in [0.717, 1.165) is 16.8 Å². The second kappa shape index (κ2) is 4.86. The Morgan fingerprint density at radius 3 is 3.18 bits per heavy atom. The van der Waals surface area contributed by atoms with E-state index in [9.17, 15) is 4.79 Å². The third-order valence-electron chi connectivity index (χ3n) is 2.52. The predicted octanol–water partition coefficient (Wildman–Crippen LogP) is 2.35. The van der Waals surface area contributed by atoms with Gasteiger partial charge in [-0.05, 0) is 18.1 Å². The van der Waals surface area contributed by atoms with Gasteiger partial charge in [0.15, 0.2) is 0 Å². The quantitative estimate of drug-likeness (QED) is 0.830. The van der Waals surface area contributed by atoms with Crippen LogP contribution in [-0.2, 0) is 4.79 Å². The van der Waals surface area contributed by atoms with Gasteiger partial charge < -0.3 is 14.8 Å². The van der Waals surface area contributed by atoms with Gasteiger partial charge in [0.2, 0.25) is 0 Å². The summed E-state index contributed by atoms with van der Waals surface area (Å²) in [7, 11) is 0. The van der Waals surface area contributed by atoms with E-state index in [1.807, 2.05) is 13.0 Å². The van der Waals surface area contributed by atoms with Crippen molar-refractivity contribution in [2.24, 2.45) is 5.92 Å². The van der Waals surface area contributed by atoms with Gasteiger partial charge in [0, 0.05) is 19.2 Å². The molecule has 1 unspecified atom stereocenters. The summed E-state index contributed by atoms with van der Waals surface area (Å²) >= 11 is 0. The first kappa shape index (κ1) is 11.4. The molecule has 2 heterocycles. The number of nitrogens with zero attached hydrogens (tertiary/aromatic N) is 1. The lowest BCUT2D eigenvalue weighted by molar-refractivity contribution is -0.137. The van der Waals surface area contributed by atoms with Crippen LogP contribution >= 0.6 is 0 Å². The Labute approximate surface area is 98.5 Å². The molecule has 0 aliphatic heterocycles. The van der Waals surface area contributed by atoms with Gasteiger partial charge in [0.1, 0.15) is 11.4 Å². The molecule has 17 heavy (non-hydrogen) atoms. The Bertz CT molecular complexity index is 521. The number of nitrogens with one attached hydrogen (secondary N) is 1. The average Bonchev–Trinajstić information content (AvgIpc) is 2.73. The highest BCUT2D eigenvalue weighted by atomic mass is 16.4. The zero-order valence-corrected chi connectivity index (χ0v) is 9.51. The van der Waals surface area contributed by atoms with Crippen LogP contribution in [0.5, 0.6) is 0 Å². The van der Waals surface area contributed by atoms with Crippen LogP contribution in [0.4, 0.5) is 5.82 Å². The molecule has 2 aromatic rings. The third kappa shape index (κ3) is 2.75. The minimum atomic E-state index is -0.784. The molecule has 0 aliphatic rings. The van der Waals surface area contributed by atoms with Crippen molar-refractivity contribution in [1.29, 1.82) is 0 Å². The number of pyridine rings is 1. The van der Waals surface area contributed by atoms with Crippen molar-refractivity contribution in [2.75, 3.05) is 11.9 Å². The van der Waals surface area contributed by atoms with E-state index in [-0.39, 0.29) is 12.3 Å². The Kier molecular flexibility index (Phi) is 3.27. The first-order chi connectivity index (χ1) is 8.16. The molecule has 2 rings (SSSR count). The smallest absolute Gasteiger partial charge is 0.303 e. The van der Waals surface area contributed by atoms with Crippen molar-refractivity contribution in [2.45, 2.75) is 13.3 Å². The minimum absolute atomic E-state index is 0.0523. The SMILES string of the molecule is CC(CNc1nccc2occc12)CC(=O)O. The summed E-state index contributed by atoms with van der Waals surface area (Å²) in [5.74, 6) is -0.00118. The second-order valence-electron chi connectivity index (χ2n) is 4.08. The topological polar surface area (TPSA) is 75.4 Å². The number of rotatable bonds is 5. The molecule has 0 radical (unpaired) electrons. The van der Waals surface area contributed by atoms with E-state index >= 15 is 0 Å². The first-order valence-corrected chi connectivity index (χ1v) is 5.44. The molecular formula is C12H14N2O3. The number of hydrogen-bond donors (Lipinski definition) is 2. The van der Waals surface area contributed by atoms with Crippen molar-refractivity contribution < 1.29 is 14.3 Å². The van der Waals surface area contributed by atoms with Gasteiger partial charge in [-0.2, -0.15) is 0 Å². The van der Waals surface area contributed by atoms with Gasteiger partial charge in [-0.1, -0.05) is 6.92 Å². The molecule has 0 amide bonds. The molecule has 0 saturated heterocycles. The maximum Gasteiger partial charge on any atom is 0.303 e. The van der Waals surface area contributed by atoms with Crippen LogP contribution in [0.15, 0.2) is 29.0 Å². The van der Waals surface area contributed by atoms with Crippen LogP contribution in [0.1, 0.15) is 13.3 Å². The number of furan rings is 1. The molecule has 0 fully saturated rings. The largest absolute Gasteiger partial charge is 0.481 e. The maximum atomic E-state index is 10.5. The summed E-state index contributed by atoms with van der Waals surface area (Å²) < 4.78 is 5.26. The van der Waals surface area contributed by atoms with Crippen LogP contribution in [0, 0.1) is 5.92 Å². The van der Waals surface area contributed by atoms with Gasteiger partial charge in [-0.25, -0.2) is 4.98 Å². The monoisotopic (exact) mass is 234 g/mol. The molecule has 2 aromatic heterocycles. The van der Waals surface area contributed by atoms with E-state index in [4.69, 9.17) is 9.52 Å².